The number of nitrogens with zero attached hydrogens (tertiary/aromatic N) is 4. The molecule has 0 saturated carbocycles. The van der Waals surface area contributed by atoms with E-state index in [0.717, 1.165) is 22.6 Å². The second-order valence-electron chi connectivity index (χ2n) is 5.42. The van der Waals surface area contributed by atoms with Gasteiger partial charge in [0.1, 0.15) is 5.82 Å². The monoisotopic (exact) mass is 336 g/mol. The number of aromatic nitrogens is 4. The van der Waals surface area contributed by atoms with Gasteiger partial charge < -0.3 is 15.7 Å². The van der Waals surface area contributed by atoms with Crippen molar-refractivity contribution in [3.63, 3.8) is 0 Å². The summed E-state index contributed by atoms with van der Waals surface area (Å²) in [5.41, 5.74) is 2.84. The maximum Gasteiger partial charge on any atom is 0.225 e. The SMILES string of the molecule is OCCCNc1nc(NCc2cccnc2)cc(-c2ccncc2)n1. The minimum atomic E-state index is 0.128. The molecule has 0 saturated heterocycles. The van der Waals surface area contributed by atoms with Gasteiger partial charge in [0.2, 0.25) is 5.95 Å². The third-order valence-electron chi connectivity index (χ3n) is 3.52. The van der Waals surface area contributed by atoms with E-state index in [4.69, 9.17) is 5.11 Å². The van der Waals surface area contributed by atoms with Crippen molar-refractivity contribution in [3.05, 3.63) is 60.7 Å². The molecule has 7 nitrogen and oxygen atoms in total. The molecule has 128 valence electrons. The van der Waals surface area contributed by atoms with E-state index in [-0.39, 0.29) is 6.61 Å². The molecule has 0 unspecified atom stereocenters. The zero-order valence-corrected chi connectivity index (χ0v) is 13.8. The topological polar surface area (TPSA) is 95.8 Å². The molecule has 25 heavy (non-hydrogen) atoms. The third kappa shape index (κ3) is 4.95. The van der Waals surface area contributed by atoms with Gasteiger partial charge >= 0.3 is 0 Å². The minimum absolute atomic E-state index is 0.128. The molecule has 0 atom stereocenters. The number of pyridine rings is 2. The molecule has 0 radical (unpaired) electrons. The Morgan fingerprint density at radius 1 is 0.960 bits per heavy atom. The van der Waals surface area contributed by atoms with Crippen LogP contribution in [0, 0.1) is 0 Å². The fourth-order valence-corrected chi connectivity index (χ4v) is 2.26. The molecular formula is C18H20N6O. The highest BCUT2D eigenvalue weighted by molar-refractivity contribution is 5.63. The standard InChI is InChI=1S/C18H20N6O/c25-10-2-7-21-18-23-16(15-4-8-19-9-5-15)11-17(24-18)22-13-14-3-1-6-20-12-14/h1,3-6,8-9,11-12,25H,2,7,10,13H2,(H2,21,22,23,24). The molecule has 3 N–H and O–H groups in total. The Labute approximate surface area is 146 Å². The number of hydrogen-bond acceptors (Lipinski definition) is 7. The first-order chi connectivity index (χ1) is 12.3. The largest absolute Gasteiger partial charge is 0.396 e. The molecule has 0 spiro atoms. The van der Waals surface area contributed by atoms with Crippen molar-refractivity contribution in [1.29, 1.82) is 0 Å². The lowest BCUT2D eigenvalue weighted by molar-refractivity contribution is 0.292. The van der Waals surface area contributed by atoms with Gasteiger partial charge in [0, 0.05) is 56.1 Å². The predicted octanol–water partition coefficient (Wildman–Crippen LogP) is 2.34. The number of rotatable bonds is 8. The Hall–Kier alpha value is -3.06. The van der Waals surface area contributed by atoms with E-state index in [0.29, 0.717) is 25.5 Å². The van der Waals surface area contributed by atoms with Crippen molar-refractivity contribution in [3.8, 4) is 11.3 Å². The van der Waals surface area contributed by atoms with Crippen LogP contribution in [-0.2, 0) is 6.54 Å². The maximum absolute atomic E-state index is 8.94. The molecule has 3 rings (SSSR count). The van der Waals surface area contributed by atoms with Crippen LogP contribution >= 0.6 is 0 Å². The summed E-state index contributed by atoms with van der Waals surface area (Å²) in [5.74, 6) is 1.24. The van der Waals surface area contributed by atoms with Gasteiger partial charge in [0.25, 0.3) is 0 Å². The summed E-state index contributed by atoms with van der Waals surface area (Å²) >= 11 is 0. The normalized spacial score (nSPS) is 10.4. The summed E-state index contributed by atoms with van der Waals surface area (Å²) in [7, 11) is 0. The Morgan fingerprint density at radius 2 is 1.84 bits per heavy atom. The average Bonchev–Trinajstić information content (AvgIpc) is 2.68. The van der Waals surface area contributed by atoms with Crippen LogP contribution in [0.5, 0.6) is 0 Å². The minimum Gasteiger partial charge on any atom is -0.396 e. The van der Waals surface area contributed by atoms with E-state index in [9.17, 15) is 0 Å². The number of hydrogen-bond donors (Lipinski definition) is 3. The van der Waals surface area contributed by atoms with Gasteiger partial charge in [-0.25, -0.2) is 4.98 Å². The second kappa shape index (κ2) is 8.70. The first kappa shape index (κ1) is 16.8. The highest BCUT2D eigenvalue weighted by Gasteiger charge is 2.07. The number of anilines is 2. The van der Waals surface area contributed by atoms with Gasteiger partial charge in [0.05, 0.1) is 5.69 Å². The molecule has 0 aliphatic rings. The summed E-state index contributed by atoms with van der Waals surface area (Å²) in [6, 6.07) is 9.63. The number of aliphatic hydroxyl groups is 1. The first-order valence-electron chi connectivity index (χ1n) is 8.12. The first-order valence-corrected chi connectivity index (χ1v) is 8.12. The Balaban J connectivity index is 1.81. The van der Waals surface area contributed by atoms with Gasteiger partial charge in [-0.15, -0.1) is 0 Å². The van der Waals surface area contributed by atoms with Gasteiger partial charge in [-0.3, -0.25) is 9.97 Å². The van der Waals surface area contributed by atoms with Gasteiger partial charge in [-0.1, -0.05) is 6.07 Å². The summed E-state index contributed by atoms with van der Waals surface area (Å²) in [6.45, 7) is 1.36. The van der Waals surface area contributed by atoms with Crippen molar-refractivity contribution in [2.75, 3.05) is 23.8 Å². The zero-order chi connectivity index (χ0) is 17.3. The third-order valence-corrected chi connectivity index (χ3v) is 3.52. The molecule has 0 aromatic carbocycles. The van der Waals surface area contributed by atoms with Crippen molar-refractivity contribution in [2.24, 2.45) is 0 Å². The molecule has 0 aliphatic carbocycles. The van der Waals surface area contributed by atoms with Crippen molar-refractivity contribution in [2.45, 2.75) is 13.0 Å². The van der Waals surface area contributed by atoms with Gasteiger partial charge in [-0.05, 0) is 30.2 Å². The fourth-order valence-electron chi connectivity index (χ4n) is 2.26. The van der Waals surface area contributed by atoms with E-state index in [1.54, 1.807) is 18.6 Å². The van der Waals surface area contributed by atoms with Crippen LogP contribution in [0.2, 0.25) is 0 Å². The molecular weight excluding hydrogens is 316 g/mol. The number of nitrogens with one attached hydrogen (secondary N) is 2. The van der Waals surface area contributed by atoms with Crippen LogP contribution in [0.4, 0.5) is 11.8 Å². The lowest BCUT2D eigenvalue weighted by atomic mass is 10.2. The van der Waals surface area contributed by atoms with Crippen LogP contribution in [0.15, 0.2) is 55.1 Å². The van der Waals surface area contributed by atoms with E-state index in [1.807, 2.05) is 36.5 Å². The molecule has 0 bridgehead atoms. The average molecular weight is 336 g/mol. The van der Waals surface area contributed by atoms with Crippen molar-refractivity contribution >= 4 is 11.8 Å². The lowest BCUT2D eigenvalue weighted by Crippen LogP contribution is -2.10. The summed E-state index contributed by atoms with van der Waals surface area (Å²) in [5, 5.41) is 15.4. The Bertz CT molecular complexity index is 782. The van der Waals surface area contributed by atoms with E-state index < -0.39 is 0 Å². The molecule has 3 aromatic heterocycles. The Kier molecular flexibility index (Phi) is 5.84. The summed E-state index contributed by atoms with van der Waals surface area (Å²) in [6.07, 6.45) is 7.68. The van der Waals surface area contributed by atoms with Crippen LogP contribution < -0.4 is 10.6 Å². The van der Waals surface area contributed by atoms with E-state index >= 15 is 0 Å². The van der Waals surface area contributed by atoms with Crippen molar-refractivity contribution < 1.29 is 5.11 Å². The second-order valence-corrected chi connectivity index (χ2v) is 5.42. The molecule has 0 fully saturated rings. The van der Waals surface area contributed by atoms with Crippen molar-refractivity contribution in [1.82, 2.24) is 19.9 Å². The van der Waals surface area contributed by atoms with Crippen LogP contribution in [0.3, 0.4) is 0 Å². The predicted molar refractivity (Wildman–Crippen MR) is 97.0 cm³/mol. The van der Waals surface area contributed by atoms with Gasteiger partial charge in [-0.2, -0.15) is 4.98 Å². The van der Waals surface area contributed by atoms with E-state index in [1.165, 1.54) is 0 Å². The molecule has 3 heterocycles. The van der Waals surface area contributed by atoms with Crippen LogP contribution in [-0.4, -0.2) is 38.2 Å². The highest BCUT2D eigenvalue weighted by atomic mass is 16.3. The lowest BCUT2D eigenvalue weighted by Gasteiger charge is -2.11. The Morgan fingerprint density at radius 3 is 2.60 bits per heavy atom. The molecule has 7 heteroatoms. The molecule has 3 aromatic rings. The van der Waals surface area contributed by atoms with Gasteiger partial charge in [0.15, 0.2) is 0 Å². The van der Waals surface area contributed by atoms with Crippen LogP contribution in [0.1, 0.15) is 12.0 Å². The number of aliphatic hydroxyl groups excluding tert-OH is 1. The fraction of sp³-hybridized carbons (Fsp3) is 0.222. The summed E-state index contributed by atoms with van der Waals surface area (Å²) in [4.78, 5) is 17.2. The summed E-state index contributed by atoms with van der Waals surface area (Å²) < 4.78 is 0. The maximum atomic E-state index is 8.94. The molecule has 0 aliphatic heterocycles. The smallest absolute Gasteiger partial charge is 0.225 e. The molecule has 0 amide bonds. The quantitative estimate of drug-likeness (QED) is 0.543. The highest BCUT2D eigenvalue weighted by Crippen LogP contribution is 2.21. The van der Waals surface area contributed by atoms with E-state index in [2.05, 4.69) is 30.6 Å². The zero-order valence-electron chi connectivity index (χ0n) is 13.8. The van der Waals surface area contributed by atoms with Crippen LogP contribution in [0.25, 0.3) is 11.3 Å².